The second-order valence-corrected chi connectivity index (χ2v) is 6.12. The molecule has 0 bridgehead atoms. The molecule has 0 unspecified atom stereocenters. The van der Waals surface area contributed by atoms with Crippen molar-refractivity contribution in [3.8, 4) is 6.01 Å². The molecule has 0 spiro atoms. The Hall–Kier alpha value is -3.42. The Kier molecular flexibility index (Phi) is 4.69. The SMILES string of the molecule is CCOc1nc(NCc2ccco2)nc(Nc2ccc3c(c2)N=C(C)C3)n1. The van der Waals surface area contributed by atoms with E-state index in [0.29, 0.717) is 25.0 Å². The summed E-state index contributed by atoms with van der Waals surface area (Å²) in [5.74, 6) is 1.59. The third-order valence-corrected chi connectivity index (χ3v) is 3.99. The third kappa shape index (κ3) is 4.05. The lowest BCUT2D eigenvalue weighted by atomic mass is 10.1. The highest BCUT2D eigenvalue weighted by Crippen LogP contribution is 2.30. The largest absolute Gasteiger partial charge is 0.467 e. The molecule has 4 rings (SSSR count). The number of nitrogens with one attached hydrogen (secondary N) is 2. The molecule has 3 aromatic rings. The van der Waals surface area contributed by atoms with Crippen molar-refractivity contribution in [2.24, 2.45) is 4.99 Å². The smallest absolute Gasteiger partial charge is 0.323 e. The van der Waals surface area contributed by atoms with Gasteiger partial charge in [0.25, 0.3) is 0 Å². The van der Waals surface area contributed by atoms with E-state index in [4.69, 9.17) is 9.15 Å². The molecular formula is C19H20N6O2. The number of furan rings is 1. The van der Waals surface area contributed by atoms with Crippen molar-refractivity contribution < 1.29 is 9.15 Å². The molecule has 3 heterocycles. The molecule has 2 aromatic heterocycles. The zero-order valence-corrected chi connectivity index (χ0v) is 15.2. The zero-order valence-electron chi connectivity index (χ0n) is 15.2. The van der Waals surface area contributed by atoms with Crippen molar-refractivity contribution in [1.82, 2.24) is 15.0 Å². The quantitative estimate of drug-likeness (QED) is 0.657. The Morgan fingerprint density at radius 2 is 2.04 bits per heavy atom. The van der Waals surface area contributed by atoms with Crippen LogP contribution in [-0.4, -0.2) is 27.3 Å². The van der Waals surface area contributed by atoms with Gasteiger partial charge in [0, 0.05) is 17.8 Å². The Labute approximate surface area is 156 Å². The highest BCUT2D eigenvalue weighted by molar-refractivity contribution is 5.92. The standard InChI is InChI=1S/C19H20N6O2/c1-3-26-19-24-17(20-11-15-5-4-8-27-15)23-18(25-19)22-14-7-6-13-9-12(2)21-16(13)10-14/h4-8,10H,3,9,11H2,1-2H3,(H2,20,22,23,24,25). The molecule has 1 aliphatic rings. The highest BCUT2D eigenvalue weighted by Gasteiger charge is 2.13. The molecule has 0 radical (unpaired) electrons. The second-order valence-electron chi connectivity index (χ2n) is 6.12. The maximum Gasteiger partial charge on any atom is 0.323 e. The van der Waals surface area contributed by atoms with E-state index in [9.17, 15) is 0 Å². The first kappa shape index (κ1) is 17.0. The van der Waals surface area contributed by atoms with Crippen LogP contribution in [0.1, 0.15) is 25.2 Å². The number of ether oxygens (including phenoxy) is 1. The van der Waals surface area contributed by atoms with E-state index in [1.807, 2.05) is 38.1 Å². The molecule has 27 heavy (non-hydrogen) atoms. The molecule has 2 N–H and O–H groups in total. The molecule has 1 aliphatic heterocycles. The van der Waals surface area contributed by atoms with Gasteiger partial charge in [-0.2, -0.15) is 15.0 Å². The van der Waals surface area contributed by atoms with Crippen LogP contribution < -0.4 is 15.4 Å². The van der Waals surface area contributed by atoms with E-state index in [0.717, 1.165) is 29.3 Å². The first-order chi connectivity index (χ1) is 13.2. The fraction of sp³-hybridized carbons (Fsp3) is 0.263. The van der Waals surface area contributed by atoms with E-state index in [1.165, 1.54) is 5.56 Å². The lowest BCUT2D eigenvalue weighted by Gasteiger charge is -2.10. The first-order valence-electron chi connectivity index (χ1n) is 8.79. The van der Waals surface area contributed by atoms with Crippen LogP contribution in [0.2, 0.25) is 0 Å². The maximum absolute atomic E-state index is 5.46. The van der Waals surface area contributed by atoms with Gasteiger partial charge in [0.05, 0.1) is 25.1 Å². The third-order valence-electron chi connectivity index (χ3n) is 3.99. The van der Waals surface area contributed by atoms with Gasteiger partial charge in [-0.1, -0.05) is 6.07 Å². The van der Waals surface area contributed by atoms with Crippen molar-refractivity contribution in [1.29, 1.82) is 0 Å². The van der Waals surface area contributed by atoms with E-state index >= 15 is 0 Å². The second kappa shape index (κ2) is 7.45. The first-order valence-corrected chi connectivity index (χ1v) is 8.79. The van der Waals surface area contributed by atoms with Gasteiger partial charge in [-0.05, 0) is 43.7 Å². The van der Waals surface area contributed by atoms with Crippen molar-refractivity contribution in [2.75, 3.05) is 17.2 Å². The van der Waals surface area contributed by atoms with Gasteiger partial charge < -0.3 is 19.8 Å². The molecule has 0 aliphatic carbocycles. The number of aliphatic imine (C=N–C) groups is 1. The number of hydrogen-bond donors (Lipinski definition) is 2. The number of fused-ring (bicyclic) bond motifs is 1. The van der Waals surface area contributed by atoms with Gasteiger partial charge in [0.1, 0.15) is 5.76 Å². The minimum absolute atomic E-state index is 0.256. The summed E-state index contributed by atoms with van der Waals surface area (Å²) in [5.41, 5.74) is 4.18. The summed E-state index contributed by atoms with van der Waals surface area (Å²) in [6.45, 7) is 4.85. The lowest BCUT2D eigenvalue weighted by Crippen LogP contribution is -2.09. The zero-order chi connectivity index (χ0) is 18.6. The van der Waals surface area contributed by atoms with Crippen LogP contribution in [0.25, 0.3) is 0 Å². The average Bonchev–Trinajstić information content (AvgIpc) is 3.28. The number of nitrogens with zero attached hydrogens (tertiary/aromatic N) is 4. The maximum atomic E-state index is 5.46. The molecule has 8 nitrogen and oxygen atoms in total. The molecule has 0 fully saturated rings. The molecular weight excluding hydrogens is 344 g/mol. The van der Waals surface area contributed by atoms with Gasteiger partial charge in [0.15, 0.2) is 0 Å². The lowest BCUT2D eigenvalue weighted by molar-refractivity contribution is 0.312. The van der Waals surface area contributed by atoms with Gasteiger partial charge in [-0.3, -0.25) is 4.99 Å². The fourth-order valence-corrected chi connectivity index (χ4v) is 2.81. The van der Waals surface area contributed by atoms with Gasteiger partial charge in [0.2, 0.25) is 11.9 Å². The van der Waals surface area contributed by atoms with E-state index in [2.05, 4.69) is 36.6 Å². The molecule has 0 saturated heterocycles. The van der Waals surface area contributed by atoms with Crippen LogP contribution in [0, 0.1) is 0 Å². The van der Waals surface area contributed by atoms with E-state index in [1.54, 1.807) is 6.26 Å². The molecule has 0 amide bonds. The molecule has 0 atom stereocenters. The normalized spacial score (nSPS) is 12.4. The number of rotatable bonds is 7. The van der Waals surface area contributed by atoms with Crippen molar-refractivity contribution in [2.45, 2.75) is 26.8 Å². The summed E-state index contributed by atoms with van der Waals surface area (Å²) < 4.78 is 10.8. The average molecular weight is 364 g/mol. The highest BCUT2D eigenvalue weighted by atomic mass is 16.5. The van der Waals surface area contributed by atoms with Crippen LogP contribution in [0.4, 0.5) is 23.3 Å². The Morgan fingerprint density at radius 3 is 2.85 bits per heavy atom. The predicted octanol–water partition coefficient (Wildman–Crippen LogP) is 3.87. The van der Waals surface area contributed by atoms with Crippen LogP contribution in [0.3, 0.4) is 0 Å². The molecule has 138 valence electrons. The number of hydrogen-bond acceptors (Lipinski definition) is 8. The van der Waals surface area contributed by atoms with Crippen molar-refractivity contribution in [3.05, 3.63) is 47.9 Å². The summed E-state index contributed by atoms with van der Waals surface area (Å²) >= 11 is 0. The van der Waals surface area contributed by atoms with Crippen LogP contribution in [0.5, 0.6) is 6.01 Å². The predicted molar refractivity (Wildman–Crippen MR) is 103 cm³/mol. The van der Waals surface area contributed by atoms with Crippen molar-refractivity contribution >= 4 is 29.0 Å². The van der Waals surface area contributed by atoms with E-state index in [-0.39, 0.29) is 6.01 Å². The van der Waals surface area contributed by atoms with Crippen molar-refractivity contribution in [3.63, 3.8) is 0 Å². The summed E-state index contributed by atoms with van der Waals surface area (Å²) in [6.07, 6.45) is 2.53. The fourth-order valence-electron chi connectivity index (χ4n) is 2.81. The minimum Gasteiger partial charge on any atom is -0.467 e. The summed E-state index contributed by atoms with van der Waals surface area (Å²) in [7, 11) is 0. The molecule has 8 heteroatoms. The minimum atomic E-state index is 0.256. The number of aromatic nitrogens is 3. The van der Waals surface area contributed by atoms with Crippen LogP contribution in [0.15, 0.2) is 46.0 Å². The van der Waals surface area contributed by atoms with Gasteiger partial charge >= 0.3 is 6.01 Å². The Balaban J connectivity index is 1.55. The van der Waals surface area contributed by atoms with Crippen LogP contribution >= 0.6 is 0 Å². The van der Waals surface area contributed by atoms with Crippen LogP contribution in [-0.2, 0) is 13.0 Å². The summed E-state index contributed by atoms with van der Waals surface area (Å²) in [6, 6.07) is 10.0. The molecule has 1 aromatic carbocycles. The monoisotopic (exact) mass is 364 g/mol. The van der Waals surface area contributed by atoms with Gasteiger partial charge in [-0.25, -0.2) is 0 Å². The number of anilines is 3. The summed E-state index contributed by atoms with van der Waals surface area (Å²) in [5, 5.41) is 6.33. The Bertz CT molecular complexity index is 968. The van der Waals surface area contributed by atoms with E-state index < -0.39 is 0 Å². The Morgan fingerprint density at radius 1 is 1.15 bits per heavy atom. The van der Waals surface area contributed by atoms with Gasteiger partial charge in [-0.15, -0.1) is 0 Å². The summed E-state index contributed by atoms with van der Waals surface area (Å²) in [4.78, 5) is 17.6. The number of benzene rings is 1. The topological polar surface area (TPSA) is 97.5 Å². The molecule has 0 saturated carbocycles.